The van der Waals surface area contributed by atoms with Gasteiger partial charge in [0.15, 0.2) is 0 Å². The summed E-state index contributed by atoms with van der Waals surface area (Å²) >= 11 is 0. The number of nitrogens with one attached hydrogen (secondary N) is 2. The molecular formula is C16H19N3O. The van der Waals surface area contributed by atoms with Crippen LogP contribution >= 0.6 is 0 Å². The second-order valence-corrected chi connectivity index (χ2v) is 5.02. The third-order valence-electron chi connectivity index (χ3n) is 2.93. The zero-order valence-corrected chi connectivity index (χ0v) is 12.0. The first kappa shape index (κ1) is 14.1. The maximum Gasteiger partial charge on any atom is 0.222 e. The Morgan fingerprint density at radius 2 is 1.70 bits per heavy atom. The molecule has 4 heteroatoms. The van der Waals surface area contributed by atoms with Crippen molar-refractivity contribution in [1.82, 2.24) is 4.98 Å². The average Bonchev–Trinajstić information content (AvgIpc) is 2.41. The Morgan fingerprint density at radius 1 is 1.05 bits per heavy atom. The lowest BCUT2D eigenvalue weighted by atomic mass is 10.0. The molecule has 2 aromatic rings. The van der Waals surface area contributed by atoms with E-state index >= 15 is 0 Å². The Hall–Kier alpha value is -2.36. The molecule has 104 valence electrons. The lowest BCUT2D eigenvalue weighted by Gasteiger charge is -2.09. The second-order valence-electron chi connectivity index (χ2n) is 5.02. The van der Waals surface area contributed by atoms with E-state index in [1.54, 1.807) is 12.3 Å². The lowest BCUT2D eigenvalue weighted by molar-refractivity contribution is -0.114. The number of benzene rings is 1. The van der Waals surface area contributed by atoms with Crippen LogP contribution in [0.5, 0.6) is 0 Å². The van der Waals surface area contributed by atoms with Gasteiger partial charge in [-0.3, -0.25) is 4.79 Å². The van der Waals surface area contributed by atoms with E-state index in [0.29, 0.717) is 11.7 Å². The Balaban J connectivity index is 2.04. The van der Waals surface area contributed by atoms with Crippen molar-refractivity contribution < 1.29 is 4.79 Å². The summed E-state index contributed by atoms with van der Waals surface area (Å²) in [6.07, 6.45) is 1.70. The van der Waals surface area contributed by atoms with Gasteiger partial charge in [0.1, 0.15) is 5.82 Å². The van der Waals surface area contributed by atoms with Gasteiger partial charge in [-0.1, -0.05) is 26.0 Å². The van der Waals surface area contributed by atoms with E-state index in [2.05, 4.69) is 53.7 Å². The van der Waals surface area contributed by atoms with E-state index < -0.39 is 0 Å². The quantitative estimate of drug-likeness (QED) is 0.884. The van der Waals surface area contributed by atoms with Crippen LogP contribution in [0.25, 0.3) is 0 Å². The largest absolute Gasteiger partial charge is 0.354 e. The van der Waals surface area contributed by atoms with E-state index in [-0.39, 0.29) is 5.91 Å². The molecule has 0 saturated heterocycles. The Kier molecular flexibility index (Phi) is 4.35. The smallest absolute Gasteiger partial charge is 0.222 e. The minimum atomic E-state index is -0.123. The summed E-state index contributed by atoms with van der Waals surface area (Å²) in [5, 5.41) is 5.91. The van der Waals surface area contributed by atoms with E-state index in [0.717, 1.165) is 11.4 Å². The Labute approximate surface area is 119 Å². The van der Waals surface area contributed by atoms with Crippen LogP contribution in [0.2, 0.25) is 0 Å². The third-order valence-corrected chi connectivity index (χ3v) is 2.93. The van der Waals surface area contributed by atoms with Crippen LogP contribution in [0.4, 0.5) is 17.2 Å². The maximum atomic E-state index is 10.9. The Bertz CT molecular complexity index is 574. The first-order chi connectivity index (χ1) is 9.54. The standard InChI is InChI=1S/C16H19N3O/c1-11(2)13-4-6-14(7-5-13)19-15-8-9-16(17-10-15)18-12(3)20/h4-11,19H,1-3H3,(H,17,18,20). The van der Waals surface area contributed by atoms with Gasteiger partial charge in [-0.05, 0) is 35.7 Å². The molecule has 0 saturated carbocycles. The molecule has 4 nitrogen and oxygen atoms in total. The van der Waals surface area contributed by atoms with Crippen molar-refractivity contribution in [3.05, 3.63) is 48.2 Å². The van der Waals surface area contributed by atoms with Gasteiger partial charge in [-0.15, -0.1) is 0 Å². The molecule has 0 fully saturated rings. The molecule has 0 aliphatic rings. The van der Waals surface area contributed by atoms with Crippen LogP contribution in [0.1, 0.15) is 32.3 Å². The SMILES string of the molecule is CC(=O)Nc1ccc(Nc2ccc(C(C)C)cc2)cn1. The van der Waals surface area contributed by atoms with Crippen LogP contribution in [0.15, 0.2) is 42.6 Å². The highest BCUT2D eigenvalue weighted by Crippen LogP contribution is 2.20. The monoisotopic (exact) mass is 269 g/mol. The van der Waals surface area contributed by atoms with Crippen LogP contribution in [0, 0.1) is 0 Å². The predicted octanol–water partition coefficient (Wildman–Crippen LogP) is 3.91. The Morgan fingerprint density at radius 3 is 2.20 bits per heavy atom. The topological polar surface area (TPSA) is 54.0 Å². The number of carbonyl (C=O) groups is 1. The molecule has 1 heterocycles. The highest BCUT2D eigenvalue weighted by atomic mass is 16.1. The van der Waals surface area contributed by atoms with Gasteiger partial charge in [0.05, 0.1) is 11.9 Å². The van der Waals surface area contributed by atoms with E-state index in [1.807, 2.05) is 6.07 Å². The van der Waals surface area contributed by atoms with E-state index in [4.69, 9.17) is 0 Å². The van der Waals surface area contributed by atoms with Crippen molar-refractivity contribution in [3.8, 4) is 0 Å². The number of pyridine rings is 1. The fourth-order valence-electron chi connectivity index (χ4n) is 1.84. The van der Waals surface area contributed by atoms with Gasteiger partial charge in [0.2, 0.25) is 5.91 Å². The summed E-state index contributed by atoms with van der Waals surface area (Å²) in [6.45, 7) is 5.81. The van der Waals surface area contributed by atoms with Gasteiger partial charge in [-0.25, -0.2) is 4.98 Å². The highest BCUT2D eigenvalue weighted by Gasteiger charge is 2.01. The molecule has 2 rings (SSSR count). The molecule has 1 amide bonds. The molecule has 20 heavy (non-hydrogen) atoms. The lowest BCUT2D eigenvalue weighted by Crippen LogP contribution is -2.07. The molecule has 1 aromatic heterocycles. The summed E-state index contributed by atoms with van der Waals surface area (Å²) in [7, 11) is 0. The molecule has 1 aromatic carbocycles. The summed E-state index contributed by atoms with van der Waals surface area (Å²) in [5.74, 6) is 0.961. The van der Waals surface area contributed by atoms with Gasteiger partial charge in [-0.2, -0.15) is 0 Å². The van der Waals surface area contributed by atoms with Crippen molar-refractivity contribution in [2.24, 2.45) is 0 Å². The fourth-order valence-corrected chi connectivity index (χ4v) is 1.84. The van der Waals surface area contributed by atoms with Crippen molar-refractivity contribution in [1.29, 1.82) is 0 Å². The minimum absolute atomic E-state index is 0.123. The maximum absolute atomic E-state index is 10.9. The van der Waals surface area contributed by atoms with Gasteiger partial charge < -0.3 is 10.6 Å². The van der Waals surface area contributed by atoms with E-state index in [9.17, 15) is 4.79 Å². The first-order valence-electron chi connectivity index (χ1n) is 6.65. The molecule has 0 radical (unpaired) electrons. The molecule has 0 atom stereocenters. The third kappa shape index (κ3) is 3.82. The van der Waals surface area contributed by atoms with E-state index in [1.165, 1.54) is 12.5 Å². The summed E-state index contributed by atoms with van der Waals surface area (Å²) in [5.41, 5.74) is 3.22. The summed E-state index contributed by atoms with van der Waals surface area (Å²) < 4.78 is 0. The van der Waals surface area contributed by atoms with Gasteiger partial charge in [0.25, 0.3) is 0 Å². The number of hydrogen-bond donors (Lipinski definition) is 2. The number of aromatic nitrogens is 1. The fraction of sp³-hybridized carbons (Fsp3) is 0.250. The summed E-state index contributed by atoms with van der Waals surface area (Å²) in [6, 6.07) is 12.0. The predicted molar refractivity (Wildman–Crippen MR) is 82.4 cm³/mol. The molecule has 0 bridgehead atoms. The molecular weight excluding hydrogens is 250 g/mol. The van der Waals surface area contributed by atoms with Crippen LogP contribution in [-0.4, -0.2) is 10.9 Å². The molecule has 0 unspecified atom stereocenters. The first-order valence-corrected chi connectivity index (χ1v) is 6.65. The molecule has 2 N–H and O–H groups in total. The normalized spacial score (nSPS) is 10.4. The number of hydrogen-bond acceptors (Lipinski definition) is 3. The summed E-state index contributed by atoms with van der Waals surface area (Å²) in [4.78, 5) is 15.1. The molecule has 0 spiro atoms. The van der Waals surface area contributed by atoms with Crippen LogP contribution in [-0.2, 0) is 4.79 Å². The minimum Gasteiger partial charge on any atom is -0.354 e. The highest BCUT2D eigenvalue weighted by molar-refractivity contribution is 5.87. The van der Waals surface area contributed by atoms with Crippen molar-refractivity contribution >= 4 is 23.1 Å². The van der Waals surface area contributed by atoms with Gasteiger partial charge in [0, 0.05) is 12.6 Å². The van der Waals surface area contributed by atoms with Crippen molar-refractivity contribution in [2.45, 2.75) is 26.7 Å². The number of anilines is 3. The van der Waals surface area contributed by atoms with Crippen molar-refractivity contribution in [3.63, 3.8) is 0 Å². The number of nitrogens with zero attached hydrogens (tertiary/aromatic N) is 1. The zero-order valence-electron chi connectivity index (χ0n) is 12.0. The zero-order chi connectivity index (χ0) is 14.5. The molecule has 0 aliphatic heterocycles. The number of amides is 1. The average molecular weight is 269 g/mol. The van der Waals surface area contributed by atoms with Crippen LogP contribution in [0.3, 0.4) is 0 Å². The van der Waals surface area contributed by atoms with Gasteiger partial charge >= 0.3 is 0 Å². The number of rotatable bonds is 4. The second kappa shape index (κ2) is 6.19. The van der Waals surface area contributed by atoms with Crippen molar-refractivity contribution in [2.75, 3.05) is 10.6 Å². The van der Waals surface area contributed by atoms with Crippen LogP contribution < -0.4 is 10.6 Å². The number of carbonyl (C=O) groups excluding carboxylic acids is 1. The molecule has 0 aliphatic carbocycles.